The lowest BCUT2D eigenvalue weighted by Gasteiger charge is -2.20. The molecule has 1 aromatic heterocycles. The predicted molar refractivity (Wildman–Crippen MR) is 119 cm³/mol. The van der Waals surface area contributed by atoms with Crippen molar-refractivity contribution >= 4 is 45.0 Å². The van der Waals surface area contributed by atoms with Crippen LogP contribution in [0.15, 0.2) is 64.2 Å². The Morgan fingerprint density at radius 1 is 1.16 bits per heavy atom. The van der Waals surface area contributed by atoms with E-state index in [0.29, 0.717) is 17.2 Å². The number of nitrogens with two attached hydrogens (primary N) is 1. The highest BCUT2D eigenvalue weighted by atomic mass is 79.9. The van der Waals surface area contributed by atoms with Gasteiger partial charge in [-0.2, -0.15) is 10.2 Å². The van der Waals surface area contributed by atoms with Crippen LogP contribution in [0.2, 0.25) is 0 Å². The molecule has 4 rings (SSSR count). The number of primary amides is 1. The number of aryl methyl sites for hydroxylation is 1. The van der Waals surface area contributed by atoms with Crippen LogP contribution in [0.1, 0.15) is 12.1 Å². The van der Waals surface area contributed by atoms with Gasteiger partial charge in [0.1, 0.15) is 23.4 Å². The van der Waals surface area contributed by atoms with Gasteiger partial charge in [0.05, 0.1) is 17.1 Å². The third-order valence-corrected chi connectivity index (χ3v) is 5.21. The standard InChI is InChI=1S/C21H18BrFN6O2/c1-12-9-19(29(26-12)16-4-2-3-13(22)10-16)25-21(31)17-11-18(20(24)30)28(27-17)15-7-5-14(23)6-8-15/h2-10,18H,11H2,1H3,(H2,24,30)(H,25,31). The molecule has 2 heterocycles. The van der Waals surface area contributed by atoms with Crippen LogP contribution >= 0.6 is 15.9 Å². The summed E-state index contributed by atoms with van der Waals surface area (Å²) in [5.74, 6) is -1.08. The van der Waals surface area contributed by atoms with Gasteiger partial charge in [0.25, 0.3) is 5.91 Å². The fraction of sp³-hybridized carbons (Fsp3) is 0.143. The fourth-order valence-corrected chi connectivity index (χ4v) is 3.67. The van der Waals surface area contributed by atoms with Gasteiger partial charge in [-0.05, 0) is 49.4 Å². The number of carbonyl (C=O) groups excluding carboxylic acids is 2. The highest BCUT2D eigenvalue weighted by Crippen LogP contribution is 2.26. The molecule has 3 N–H and O–H groups in total. The normalized spacial score (nSPS) is 15.6. The van der Waals surface area contributed by atoms with Crippen molar-refractivity contribution in [3.05, 3.63) is 70.6 Å². The number of aromatic nitrogens is 2. The summed E-state index contributed by atoms with van der Waals surface area (Å²) in [6.07, 6.45) is 0.0303. The van der Waals surface area contributed by atoms with Crippen molar-refractivity contribution in [2.45, 2.75) is 19.4 Å². The number of hydrazone groups is 1. The van der Waals surface area contributed by atoms with Gasteiger partial charge in [0, 0.05) is 17.0 Å². The van der Waals surface area contributed by atoms with Crippen LogP contribution < -0.4 is 16.1 Å². The summed E-state index contributed by atoms with van der Waals surface area (Å²) in [4.78, 5) is 24.9. The minimum atomic E-state index is -0.845. The van der Waals surface area contributed by atoms with Gasteiger partial charge in [-0.3, -0.25) is 14.6 Å². The molecule has 0 radical (unpaired) electrons. The van der Waals surface area contributed by atoms with Crippen LogP contribution in [0.25, 0.3) is 5.69 Å². The van der Waals surface area contributed by atoms with Gasteiger partial charge in [-0.15, -0.1) is 0 Å². The van der Waals surface area contributed by atoms with Crippen molar-refractivity contribution in [3.8, 4) is 5.69 Å². The number of amides is 2. The predicted octanol–water partition coefficient (Wildman–Crippen LogP) is 3.14. The number of nitrogens with one attached hydrogen (secondary N) is 1. The second kappa shape index (κ2) is 8.31. The fourth-order valence-electron chi connectivity index (χ4n) is 3.28. The molecular formula is C21H18BrFN6O2. The van der Waals surface area contributed by atoms with Crippen molar-refractivity contribution < 1.29 is 14.0 Å². The number of hydrogen-bond donors (Lipinski definition) is 2. The first kappa shape index (κ1) is 20.7. The Hall–Kier alpha value is -3.53. The number of benzene rings is 2. The summed E-state index contributed by atoms with van der Waals surface area (Å²) >= 11 is 3.43. The highest BCUT2D eigenvalue weighted by Gasteiger charge is 2.35. The van der Waals surface area contributed by atoms with E-state index in [4.69, 9.17) is 5.73 Å². The van der Waals surface area contributed by atoms with Crippen LogP contribution in [-0.2, 0) is 9.59 Å². The largest absolute Gasteiger partial charge is 0.368 e. The molecule has 1 aliphatic heterocycles. The quantitative estimate of drug-likeness (QED) is 0.579. The minimum absolute atomic E-state index is 0.0303. The molecule has 1 aliphatic rings. The second-order valence-electron chi connectivity index (χ2n) is 7.01. The molecule has 0 saturated heterocycles. The third-order valence-electron chi connectivity index (χ3n) is 4.72. The number of halogens is 2. The smallest absolute Gasteiger partial charge is 0.273 e. The number of nitrogens with zero attached hydrogens (tertiary/aromatic N) is 4. The van der Waals surface area contributed by atoms with Crippen LogP contribution in [0.4, 0.5) is 15.9 Å². The lowest BCUT2D eigenvalue weighted by molar-refractivity contribution is -0.119. The SMILES string of the molecule is Cc1cc(NC(=O)C2=NN(c3ccc(F)cc3)C(C(N)=O)C2)n(-c2cccc(Br)c2)n1. The summed E-state index contributed by atoms with van der Waals surface area (Å²) in [5.41, 5.74) is 7.58. The average Bonchev–Trinajstić information content (AvgIpc) is 3.33. The summed E-state index contributed by atoms with van der Waals surface area (Å²) in [7, 11) is 0. The van der Waals surface area contributed by atoms with E-state index >= 15 is 0 Å². The van der Waals surface area contributed by atoms with Crippen molar-refractivity contribution in [3.63, 3.8) is 0 Å². The Morgan fingerprint density at radius 3 is 2.58 bits per heavy atom. The van der Waals surface area contributed by atoms with Crippen LogP contribution in [0.5, 0.6) is 0 Å². The monoisotopic (exact) mass is 484 g/mol. The van der Waals surface area contributed by atoms with Gasteiger partial charge >= 0.3 is 0 Å². The van der Waals surface area contributed by atoms with Gasteiger partial charge < -0.3 is 11.1 Å². The van der Waals surface area contributed by atoms with E-state index in [0.717, 1.165) is 10.2 Å². The molecule has 0 fully saturated rings. The first-order valence-electron chi connectivity index (χ1n) is 9.37. The molecule has 0 saturated carbocycles. The Balaban J connectivity index is 1.61. The Morgan fingerprint density at radius 2 is 1.90 bits per heavy atom. The summed E-state index contributed by atoms with van der Waals surface area (Å²) in [6, 6.07) is 13.8. The van der Waals surface area contributed by atoms with Crippen molar-refractivity contribution in [2.24, 2.45) is 10.8 Å². The summed E-state index contributed by atoms with van der Waals surface area (Å²) in [6.45, 7) is 1.82. The van der Waals surface area contributed by atoms with Crippen LogP contribution in [0, 0.1) is 12.7 Å². The van der Waals surface area contributed by atoms with E-state index in [1.165, 1.54) is 29.3 Å². The third kappa shape index (κ3) is 4.33. The van der Waals surface area contributed by atoms with Gasteiger partial charge in [-0.1, -0.05) is 22.0 Å². The van der Waals surface area contributed by atoms with E-state index < -0.39 is 23.7 Å². The second-order valence-corrected chi connectivity index (χ2v) is 7.92. The van der Waals surface area contributed by atoms with Crippen LogP contribution in [-0.4, -0.2) is 33.3 Å². The molecule has 1 atom stereocenters. The topological polar surface area (TPSA) is 106 Å². The number of hydrogen-bond acceptors (Lipinski definition) is 5. The van der Waals surface area contributed by atoms with E-state index in [9.17, 15) is 14.0 Å². The van der Waals surface area contributed by atoms with Crippen LogP contribution in [0.3, 0.4) is 0 Å². The lowest BCUT2D eigenvalue weighted by Crippen LogP contribution is -2.39. The first-order valence-corrected chi connectivity index (χ1v) is 10.2. The van der Waals surface area contributed by atoms with E-state index in [-0.39, 0.29) is 12.1 Å². The number of rotatable bonds is 5. The Labute approximate surface area is 185 Å². The zero-order chi connectivity index (χ0) is 22.1. The maximum absolute atomic E-state index is 13.3. The molecule has 8 nitrogen and oxygen atoms in total. The first-order chi connectivity index (χ1) is 14.8. The number of anilines is 2. The van der Waals surface area contributed by atoms with E-state index in [2.05, 4.69) is 31.4 Å². The molecule has 1 unspecified atom stereocenters. The van der Waals surface area contributed by atoms with Gasteiger partial charge in [0.2, 0.25) is 5.91 Å². The average molecular weight is 485 g/mol. The summed E-state index contributed by atoms with van der Waals surface area (Å²) in [5, 5.41) is 12.9. The van der Waals surface area contributed by atoms with Gasteiger partial charge in [-0.25, -0.2) is 9.07 Å². The van der Waals surface area contributed by atoms with Gasteiger partial charge in [0.15, 0.2) is 0 Å². The molecule has 0 spiro atoms. The molecule has 10 heteroatoms. The highest BCUT2D eigenvalue weighted by molar-refractivity contribution is 9.10. The molecule has 2 aromatic carbocycles. The maximum Gasteiger partial charge on any atom is 0.273 e. The Kier molecular flexibility index (Phi) is 5.55. The number of carbonyl (C=O) groups is 2. The maximum atomic E-state index is 13.3. The van der Waals surface area contributed by atoms with E-state index in [1.54, 1.807) is 10.7 Å². The zero-order valence-electron chi connectivity index (χ0n) is 16.4. The lowest BCUT2D eigenvalue weighted by atomic mass is 10.1. The molecule has 2 amide bonds. The molecule has 0 aliphatic carbocycles. The van der Waals surface area contributed by atoms with Crippen molar-refractivity contribution in [1.82, 2.24) is 9.78 Å². The van der Waals surface area contributed by atoms with Crippen molar-refractivity contribution in [2.75, 3.05) is 10.3 Å². The Bertz CT molecular complexity index is 1190. The minimum Gasteiger partial charge on any atom is -0.368 e. The molecule has 31 heavy (non-hydrogen) atoms. The summed E-state index contributed by atoms with van der Waals surface area (Å²) < 4.78 is 15.7. The van der Waals surface area contributed by atoms with E-state index in [1.807, 2.05) is 31.2 Å². The molecule has 3 aromatic rings. The molecule has 0 bridgehead atoms. The molecular weight excluding hydrogens is 467 g/mol. The molecule has 158 valence electrons. The van der Waals surface area contributed by atoms with Crippen molar-refractivity contribution in [1.29, 1.82) is 0 Å². The zero-order valence-corrected chi connectivity index (χ0v) is 18.0.